The molecule has 0 radical (unpaired) electrons. The molecule has 1 aliphatic heterocycles. The van der Waals surface area contributed by atoms with Gasteiger partial charge in [0.2, 0.25) is 0 Å². The summed E-state index contributed by atoms with van der Waals surface area (Å²) in [6, 6.07) is 10.7. The Hall–Kier alpha value is -0.900. The SMILES string of the molecule is CCNCCCC(C)OC1CCN(Cc2ccccc2)C1. The summed E-state index contributed by atoms with van der Waals surface area (Å²) in [5, 5.41) is 3.37. The van der Waals surface area contributed by atoms with Gasteiger partial charge in [0.05, 0.1) is 12.2 Å². The lowest BCUT2D eigenvalue weighted by Crippen LogP contribution is -2.26. The van der Waals surface area contributed by atoms with Gasteiger partial charge in [-0.25, -0.2) is 0 Å². The topological polar surface area (TPSA) is 24.5 Å². The van der Waals surface area contributed by atoms with E-state index in [0.29, 0.717) is 12.2 Å². The van der Waals surface area contributed by atoms with E-state index in [4.69, 9.17) is 4.74 Å². The van der Waals surface area contributed by atoms with Crippen LogP contribution >= 0.6 is 0 Å². The van der Waals surface area contributed by atoms with Gasteiger partial charge in [0.1, 0.15) is 0 Å². The van der Waals surface area contributed by atoms with Crippen molar-refractivity contribution >= 4 is 0 Å². The van der Waals surface area contributed by atoms with E-state index in [9.17, 15) is 0 Å². The monoisotopic (exact) mass is 290 g/mol. The molecule has 0 spiro atoms. The van der Waals surface area contributed by atoms with Crippen LogP contribution in [0.3, 0.4) is 0 Å². The number of hydrogen-bond donors (Lipinski definition) is 1. The van der Waals surface area contributed by atoms with Gasteiger partial charge in [0.25, 0.3) is 0 Å². The first-order chi connectivity index (χ1) is 10.3. The highest BCUT2D eigenvalue weighted by Gasteiger charge is 2.24. The van der Waals surface area contributed by atoms with E-state index >= 15 is 0 Å². The third-order valence-electron chi connectivity index (χ3n) is 4.12. The molecule has 1 N–H and O–H groups in total. The first-order valence-corrected chi connectivity index (χ1v) is 8.40. The molecule has 2 rings (SSSR count). The Morgan fingerprint density at radius 1 is 1.33 bits per heavy atom. The maximum absolute atomic E-state index is 6.19. The van der Waals surface area contributed by atoms with Crippen molar-refractivity contribution in [2.24, 2.45) is 0 Å². The van der Waals surface area contributed by atoms with E-state index < -0.39 is 0 Å². The van der Waals surface area contributed by atoms with Crippen molar-refractivity contribution < 1.29 is 4.74 Å². The van der Waals surface area contributed by atoms with Gasteiger partial charge >= 0.3 is 0 Å². The number of benzene rings is 1. The highest BCUT2D eigenvalue weighted by Crippen LogP contribution is 2.18. The fourth-order valence-electron chi connectivity index (χ4n) is 2.98. The Labute approximate surface area is 129 Å². The molecule has 3 heteroatoms. The zero-order chi connectivity index (χ0) is 14.9. The molecule has 0 aromatic heterocycles. The van der Waals surface area contributed by atoms with Crippen LogP contribution in [-0.2, 0) is 11.3 Å². The minimum Gasteiger partial charge on any atom is -0.374 e. The summed E-state index contributed by atoms with van der Waals surface area (Å²) in [6.45, 7) is 9.82. The highest BCUT2D eigenvalue weighted by atomic mass is 16.5. The quantitative estimate of drug-likeness (QED) is 0.707. The van der Waals surface area contributed by atoms with Crippen LogP contribution < -0.4 is 5.32 Å². The van der Waals surface area contributed by atoms with Gasteiger partial charge < -0.3 is 10.1 Å². The number of ether oxygens (including phenoxy) is 1. The molecule has 0 amide bonds. The van der Waals surface area contributed by atoms with Gasteiger partial charge in [0.15, 0.2) is 0 Å². The Balaban J connectivity index is 1.63. The molecule has 21 heavy (non-hydrogen) atoms. The van der Waals surface area contributed by atoms with Crippen LogP contribution in [0.1, 0.15) is 38.7 Å². The summed E-state index contributed by atoms with van der Waals surface area (Å²) in [4.78, 5) is 2.51. The van der Waals surface area contributed by atoms with Crippen molar-refractivity contribution in [1.29, 1.82) is 0 Å². The fraction of sp³-hybridized carbons (Fsp3) is 0.667. The summed E-state index contributed by atoms with van der Waals surface area (Å²) in [5.41, 5.74) is 1.40. The Morgan fingerprint density at radius 3 is 2.90 bits per heavy atom. The van der Waals surface area contributed by atoms with Crippen molar-refractivity contribution in [2.75, 3.05) is 26.2 Å². The van der Waals surface area contributed by atoms with Crippen molar-refractivity contribution in [2.45, 2.75) is 51.9 Å². The number of nitrogens with zero attached hydrogens (tertiary/aromatic N) is 1. The second-order valence-electron chi connectivity index (χ2n) is 6.07. The average Bonchev–Trinajstić information content (AvgIpc) is 2.92. The van der Waals surface area contributed by atoms with Crippen molar-refractivity contribution in [3.63, 3.8) is 0 Å². The molecule has 1 heterocycles. The summed E-state index contributed by atoms with van der Waals surface area (Å²) in [5.74, 6) is 0. The number of hydrogen-bond acceptors (Lipinski definition) is 3. The van der Waals surface area contributed by atoms with Crippen molar-refractivity contribution in [3.05, 3.63) is 35.9 Å². The second-order valence-corrected chi connectivity index (χ2v) is 6.07. The summed E-state index contributed by atoms with van der Waals surface area (Å²) >= 11 is 0. The summed E-state index contributed by atoms with van der Waals surface area (Å²) in [6.07, 6.45) is 4.33. The van der Waals surface area contributed by atoms with Crippen LogP contribution in [0.15, 0.2) is 30.3 Å². The average molecular weight is 290 g/mol. The van der Waals surface area contributed by atoms with Crippen LogP contribution in [0.25, 0.3) is 0 Å². The predicted molar refractivity (Wildman–Crippen MR) is 88.4 cm³/mol. The van der Waals surface area contributed by atoms with Crippen LogP contribution in [-0.4, -0.2) is 43.3 Å². The maximum atomic E-state index is 6.19. The third kappa shape index (κ3) is 6.16. The molecule has 0 bridgehead atoms. The van der Waals surface area contributed by atoms with E-state index in [0.717, 1.165) is 39.1 Å². The lowest BCUT2D eigenvalue weighted by atomic mass is 10.2. The van der Waals surface area contributed by atoms with Crippen LogP contribution in [0.4, 0.5) is 0 Å². The number of likely N-dealkylation sites (tertiary alicyclic amines) is 1. The zero-order valence-electron chi connectivity index (χ0n) is 13.6. The fourth-order valence-corrected chi connectivity index (χ4v) is 2.98. The van der Waals surface area contributed by atoms with Gasteiger partial charge in [-0.2, -0.15) is 0 Å². The molecule has 2 atom stereocenters. The Bertz CT molecular complexity index is 382. The molecule has 3 nitrogen and oxygen atoms in total. The molecule has 0 aliphatic carbocycles. The molecule has 1 aromatic carbocycles. The van der Waals surface area contributed by atoms with E-state index in [1.54, 1.807) is 0 Å². The molecular weight excluding hydrogens is 260 g/mol. The van der Waals surface area contributed by atoms with Gasteiger partial charge in [-0.15, -0.1) is 0 Å². The third-order valence-corrected chi connectivity index (χ3v) is 4.12. The molecule has 118 valence electrons. The molecular formula is C18H30N2O. The van der Waals surface area contributed by atoms with Crippen LogP contribution in [0.2, 0.25) is 0 Å². The van der Waals surface area contributed by atoms with Gasteiger partial charge in [-0.1, -0.05) is 37.3 Å². The van der Waals surface area contributed by atoms with Crippen molar-refractivity contribution in [1.82, 2.24) is 10.2 Å². The predicted octanol–water partition coefficient (Wildman–Crippen LogP) is 3.06. The zero-order valence-corrected chi connectivity index (χ0v) is 13.6. The second kappa shape index (κ2) is 9.19. The van der Waals surface area contributed by atoms with E-state index in [1.165, 1.54) is 18.4 Å². The smallest absolute Gasteiger partial charge is 0.0717 e. The van der Waals surface area contributed by atoms with Crippen LogP contribution in [0, 0.1) is 0 Å². The Morgan fingerprint density at radius 2 is 2.14 bits per heavy atom. The molecule has 1 saturated heterocycles. The Kier molecular flexibility index (Phi) is 7.20. The van der Waals surface area contributed by atoms with Crippen molar-refractivity contribution in [3.8, 4) is 0 Å². The molecule has 1 aliphatic rings. The van der Waals surface area contributed by atoms with E-state index in [1.807, 2.05) is 0 Å². The maximum Gasteiger partial charge on any atom is 0.0717 e. The first kappa shape index (κ1) is 16.5. The molecule has 1 aromatic rings. The number of rotatable bonds is 9. The van der Waals surface area contributed by atoms with E-state index in [2.05, 4.69) is 54.4 Å². The lowest BCUT2D eigenvalue weighted by molar-refractivity contribution is -0.00127. The standard InChI is InChI=1S/C18H30N2O/c1-3-19-12-7-8-16(2)21-18-11-13-20(15-18)14-17-9-5-4-6-10-17/h4-6,9-10,16,18-19H,3,7-8,11-15H2,1-2H3. The largest absolute Gasteiger partial charge is 0.374 e. The van der Waals surface area contributed by atoms with Gasteiger partial charge in [-0.3, -0.25) is 4.90 Å². The highest BCUT2D eigenvalue weighted by molar-refractivity contribution is 5.14. The van der Waals surface area contributed by atoms with Gasteiger partial charge in [0, 0.05) is 19.6 Å². The van der Waals surface area contributed by atoms with E-state index in [-0.39, 0.29) is 0 Å². The molecule has 0 saturated carbocycles. The van der Waals surface area contributed by atoms with Crippen LogP contribution in [0.5, 0.6) is 0 Å². The molecule has 2 unspecified atom stereocenters. The normalized spacial score (nSPS) is 20.8. The summed E-state index contributed by atoms with van der Waals surface area (Å²) < 4.78 is 6.19. The first-order valence-electron chi connectivity index (χ1n) is 8.40. The number of nitrogens with one attached hydrogen (secondary N) is 1. The minimum absolute atomic E-state index is 0.380. The lowest BCUT2D eigenvalue weighted by Gasteiger charge is -2.20. The minimum atomic E-state index is 0.380. The summed E-state index contributed by atoms with van der Waals surface area (Å²) in [7, 11) is 0. The molecule has 1 fully saturated rings. The van der Waals surface area contributed by atoms with Gasteiger partial charge in [-0.05, 0) is 44.8 Å².